The Morgan fingerprint density at radius 1 is 0.947 bits per heavy atom. The zero-order valence-electron chi connectivity index (χ0n) is 11.6. The largest absolute Gasteiger partial charge is 0.380 e. The first-order chi connectivity index (χ1) is 8.77. The fraction of sp³-hybridized carbons (Fsp3) is 0.375. The van der Waals surface area contributed by atoms with Crippen molar-refractivity contribution >= 4 is 23.2 Å². The van der Waals surface area contributed by atoms with Gasteiger partial charge in [-0.3, -0.25) is 0 Å². The van der Waals surface area contributed by atoms with Crippen molar-refractivity contribution in [3.8, 4) is 0 Å². The molecule has 0 bridgehead atoms. The third kappa shape index (κ3) is 4.83. The van der Waals surface area contributed by atoms with Crippen molar-refractivity contribution in [1.82, 2.24) is 4.90 Å². The first-order valence-electron chi connectivity index (χ1n) is 6.46. The summed E-state index contributed by atoms with van der Waals surface area (Å²) in [6.07, 6.45) is 0.981. The molecule has 0 saturated carbocycles. The topological polar surface area (TPSA) is 12.5 Å². The van der Waals surface area contributed by atoms with E-state index in [2.05, 4.69) is 61.5 Å². The first-order valence-corrected chi connectivity index (χ1v) is 6.46. The van der Waals surface area contributed by atoms with Gasteiger partial charge in [-0.25, -0.2) is 0 Å². The third-order valence-corrected chi connectivity index (χ3v) is 3.08. The Balaban J connectivity index is 0.00000180. The van der Waals surface area contributed by atoms with Crippen molar-refractivity contribution in [3.63, 3.8) is 0 Å². The molecule has 0 aliphatic carbocycles. The predicted octanol–water partition coefficient (Wildman–Crippen LogP) is 3.38. The van der Waals surface area contributed by atoms with Crippen LogP contribution in [0.4, 0.5) is 0 Å². The second-order valence-corrected chi connectivity index (χ2v) is 4.80. The first kappa shape index (κ1) is 16.0. The Bertz CT molecular complexity index is 494. The smallest absolute Gasteiger partial charge is 0.0593 e. The summed E-state index contributed by atoms with van der Waals surface area (Å²) in [6, 6.07) is 15.0. The summed E-state index contributed by atoms with van der Waals surface area (Å²) in [6.45, 7) is 2.58. The molecule has 0 atom stereocenters. The number of fused-ring (bicyclic) bond motifs is 1. The monoisotopic (exact) mass is 279 g/mol. The Labute approximate surface area is 121 Å². The zero-order valence-corrected chi connectivity index (χ0v) is 12.5. The average molecular weight is 280 g/mol. The van der Waals surface area contributed by atoms with Gasteiger partial charge in [-0.1, -0.05) is 42.5 Å². The lowest BCUT2D eigenvalue weighted by Gasteiger charge is -2.10. The summed E-state index contributed by atoms with van der Waals surface area (Å²) < 4.78 is 5.66. The van der Waals surface area contributed by atoms with Crippen LogP contribution >= 0.6 is 12.4 Å². The van der Waals surface area contributed by atoms with Gasteiger partial charge >= 0.3 is 0 Å². The van der Waals surface area contributed by atoms with Crippen LogP contribution in [0.25, 0.3) is 10.8 Å². The second kappa shape index (κ2) is 8.16. The maximum atomic E-state index is 5.66. The van der Waals surface area contributed by atoms with Crippen molar-refractivity contribution in [2.45, 2.75) is 6.42 Å². The van der Waals surface area contributed by atoms with Gasteiger partial charge in [0.05, 0.1) is 13.2 Å². The van der Waals surface area contributed by atoms with E-state index in [1.54, 1.807) is 0 Å². The van der Waals surface area contributed by atoms with Gasteiger partial charge in [0.25, 0.3) is 0 Å². The number of hydrogen-bond donors (Lipinski definition) is 0. The van der Waals surface area contributed by atoms with Gasteiger partial charge in [-0.05, 0) is 36.9 Å². The molecule has 0 spiro atoms. The predicted molar refractivity (Wildman–Crippen MR) is 84.3 cm³/mol. The number of nitrogens with zero attached hydrogens (tertiary/aromatic N) is 1. The van der Waals surface area contributed by atoms with Crippen molar-refractivity contribution in [3.05, 3.63) is 48.0 Å². The van der Waals surface area contributed by atoms with Crippen molar-refractivity contribution in [2.24, 2.45) is 0 Å². The molecular weight excluding hydrogens is 258 g/mol. The number of hydrogen-bond acceptors (Lipinski definition) is 2. The molecule has 104 valence electrons. The van der Waals surface area contributed by atoms with E-state index in [0.29, 0.717) is 0 Å². The van der Waals surface area contributed by atoms with E-state index < -0.39 is 0 Å². The second-order valence-electron chi connectivity index (χ2n) is 4.80. The summed E-state index contributed by atoms with van der Waals surface area (Å²) in [5, 5.41) is 2.65. The van der Waals surface area contributed by atoms with Crippen molar-refractivity contribution in [1.29, 1.82) is 0 Å². The van der Waals surface area contributed by atoms with E-state index in [9.17, 15) is 0 Å². The Kier molecular flexibility index (Phi) is 6.85. The van der Waals surface area contributed by atoms with Crippen LogP contribution in [-0.4, -0.2) is 38.8 Å². The number of likely N-dealkylation sites (N-methyl/N-ethyl adjacent to an activating group) is 1. The van der Waals surface area contributed by atoms with E-state index in [-0.39, 0.29) is 12.4 Å². The van der Waals surface area contributed by atoms with Gasteiger partial charge in [-0.15, -0.1) is 12.4 Å². The SMILES string of the molecule is CN(C)CCOCCc1cccc2ccccc12.Cl. The quantitative estimate of drug-likeness (QED) is 0.752. The summed E-state index contributed by atoms with van der Waals surface area (Å²) in [5.41, 5.74) is 1.37. The number of ether oxygens (including phenoxy) is 1. The normalized spacial score (nSPS) is 10.7. The molecule has 2 rings (SSSR count). The van der Waals surface area contributed by atoms with E-state index in [1.807, 2.05) is 0 Å². The van der Waals surface area contributed by atoms with E-state index in [1.165, 1.54) is 16.3 Å². The minimum absolute atomic E-state index is 0. The maximum Gasteiger partial charge on any atom is 0.0593 e. The highest BCUT2D eigenvalue weighted by atomic mass is 35.5. The minimum Gasteiger partial charge on any atom is -0.380 e. The lowest BCUT2D eigenvalue weighted by Crippen LogP contribution is -2.18. The molecule has 0 aliphatic heterocycles. The van der Waals surface area contributed by atoms with Crippen LogP contribution < -0.4 is 0 Å². The molecule has 0 aliphatic rings. The number of halogens is 1. The molecule has 0 fully saturated rings. The Morgan fingerprint density at radius 3 is 2.47 bits per heavy atom. The lowest BCUT2D eigenvalue weighted by atomic mass is 10.0. The summed E-state index contributed by atoms with van der Waals surface area (Å²) in [4.78, 5) is 2.14. The molecule has 0 heterocycles. The van der Waals surface area contributed by atoms with E-state index in [4.69, 9.17) is 4.74 Å². The summed E-state index contributed by atoms with van der Waals surface area (Å²) in [7, 11) is 4.13. The maximum absolute atomic E-state index is 5.66. The van der Waals surface area contributed by atoms with Gasteiger partial charge in [0.15, 0.2) is 0 Å². The van der Waals surface area contributed by atoms with Crippen LogP contribution in [0.3, 0.4) is 0 Å². The molecule has 0 unspecified atom stereocenters. The number of rotatable bonds is 6. The van der Waals surface area contributed by atoms with Crippen LogP contribution in [0.2, 0.25) is 0 Å². The molecule has 0 radical (unpaired) electrons. The third-order valence-electron chi connectivity index (χ3n) is 3.08. The Hall–Kier alpha value is -1.09. The van der Waals surface area contributed by atoms with Crippen LogP contribution in [-0.2, 0) is 11.2 Å². The van der Waals surface area contributed by atoms with Gasteiger partial charge in [-0.2, -0.15) is 0 Å². The fourth-order valence-electron chi connectivity index (χ4n) is 2.04. The highest BCUT2D eigenvalue weighted by Crippen LogP contribution is 2.18. The van der Waals surface area contributed by atoms with E-state index >= 15 is 0 Å². The molecule has 19 heavy (non-hydrogen) atoms. The molecular formula is C16H22ClNO. The molecule has 2 nitrogen and oxygen atoms in total. The van der Waals surface area contributed by atoms with Gasteiger partial charge in [0, 0.05) is 6.54 Å². The molecule has 2 aromatic carbocycles. The van der Waals surface area contributed by atoms with Crippen LogP contribution in [0.1, 0.15) is 5.56 Å². The molecule has 3 heteroatoms. The zero-order chi connectivity index (χ0) is 12.8. The highest BCUT2D eigenvalue weighted by molar-refractivity contribution is 5.85. The molecule has 2 aromatic rings. The molecule has 0 N–H and O–H groups in total. The minimum atomic E-state index is 0. The van der Waals surface area contributed by atoms with Crippen LogP contribution in [0.5, 0.6) is 0 Å². The van der Waals surface area contributed by atoms with E-state index in [0.717, 1.165) is 26.2 Å². The van der Waals surface area contributed by atoms with Gasteiger partial charge in [0.1, 0.15) is 0 Å². The van der Waals surface area contributed by atoms with Gasteiger partial charge < -0.3 is 9.64 Å². The molecule has 0 amide bonds. The molecule has 0 saturated heterocycles. The van der Waals surface area contributed by atoms with Gasteiger partial charge in [0.2, 0.25) is 0 Å². The van der Waals surface area contributed by atoms with Crippen LogP contribution in [0, 0.1) is 0 Å². The Morgan fingerprint density at radius 2 is 1.68 bits per heavy atom. The summed E-state index contributed by atoms with van der Waals surface area (Å²) in [5.74, 6) is 0. The highest BCUT2D eigenvalue weighted by Gasteiger charge is 2.00. The molecule has 0 aromatic heterocycles. The fourth-order valence-corrected chi connectivity index (χ4v) is 2.04. The van der Waals surface area contributed by atoms with Crippen molar-refractivity contribution < 1.29 is 4.74 Å². The number of benzene rings is 2. The summed E-state index contributed by atoms with van der Waals surface area (Å²) >= 11 is 0. The van der Waals surface area contributed by atoms with Crippen LogP contribution in [0.15, 0.2) is 42.5 Å². The lowest BCUT2D eigenvalue weighted by molar-refractivity contribution is 0.120. The standard InChI is InChI=1S/C16H21NO.ClH/c1-17(2)11-13-18-12-10-15-8-5-7-14-6-3-4-9-16(14)15;/h3-9H,10-13H2,1-2H3;1H. The average Bonchev–Trinajstić information content (AvgIpc) is 2.38. The van der Waals surface area contributed by atoms with Crippen molar-refractivity contribution in [2.75, 3.05) is 33.9 Å².